The summed E-state index contributed by atoms with van der Waals surface area (Å²) in [6, 6.07) is 8.44. The summed E-state index contributed by atoms with van der Waals surface area (Å²) in [4.78, 5) is 29.6. The first kappa shape index (κ1) is 32.4. The fourth-order valence-electron chi connectivity index (χ4n) is 12.6. The Morgan fingerprint density at radius 1 is 1.02 bits per heavy atom. The van der Waals surface area contributed by atoms with E-state index >= 15 is 0 Å². The molecule has 7 rings (SSSR count). The zero-order chi connectivity index (χ0) is 32.8. The quantitative estimate of drug-likeness (QED) is 0.363. The average molecular weight is 644 g/mol. The Labute approximate surface area is 270 Å². The van der Waals surface area contributed by atoms with E-state index < -0.39 is 64.8 Å². The molecule has 1 aliphatic heterocycles. The lowest BCUT2D eigenvalue weighted by Crippen LogP contribution is -2.81. The Kier molecular flexibility index (Phi) is 7.91. The lowest BCUT2D eigenvalue weighted by molar-refractivity contribution is -0.317. The maximum Gasteiger partial charge on any atom is 0.338 e. The molecule has 6 aliphatic rings. The monoisotopic (exact) mass is 643 g/mol. The van der Waals surface area contributed by atoms with Crippen LogP contribution in [0.1, 0.15) is 49.9 Å². The zero-order valence-corrected chi connectivity index (χ0v) is 27.7. The lowest BCUT2D eigenvalue weighted by atomic mass is 9.43. The van der Waals surface area contributed by atoms with Gasteiger partial charge in [-0.05, 0) is 50.3 Å². The van der Waals surface area contributed by atoms with Crippen LogP contribution in [0.3, 0.4) is 0 Å². The number of likely N-dealkylation sites (tertiary alicyclic amines) is 1. The van der Waals surface area contributed by atoms with Gasteiger partial charge in [0.25, 0.3) is 0 Å². The number of aliphatic hydroxyl groups is 2. The molecule has 1 saturated heterocycles. The summed E-state index contributed by atoms with van der Waals surface area (Å²) in [5.74, 6) is -2.94. The van der Waals surface area contributed by atoms with Gasteiger partial charge in [0.15, 0.2) is 5.60 Å². The predicted molar refractivity (Wildman–Crippen MR) is 164 cm³/mol. The molecule has 5 saturated carbocycles. The van der Waals surface area contributed by atoms with E-state index in [9.17, 15) is 19.8 Å². The van der Waals surface area contributed by atoms with Crippen molar-refractivity contribution >= 4 is 11.9 Å². The molecular formula is C35H49NO10. The molecule has 0 amide bonds. The Hall–Kier alpha value is -2.12. The van der Waals surface area contributed by atoms with Gasteiger partial charge in [-0.2, -0.15) is 0 Å². The van der Waals surface area contributed by atoms with E-state index in [2.05, 4.69) is 11.8 Å². The van der Waals surface area contributed by atoms with Gasteiger partial charge in [-0.15, -0.1) is 0 Å². The Balaban J connectivity index is 1.52. The number of carbonyl (C=O) groups is 2. The summed E-state index contributed by atoms with van der Waals surface area (Å²) in [6.07, 6.45) is -1.74. The maximum atomic E-state index is 13.8. The van der Waals surface area contributed by atoms with Crippen molar-refractivity contribution < 1.29 is 48.2 Å². The van der Waals surface area contributed by atoms with Crippen LogP contribution in [0.4, 0.5) is 0 Å². The number of esters is 2. The van der Waals surface area contributed by atoms with E-state index in [1.54, 1.807) is 45.6 Å². The molecule has 7 bridgehead atoms. The van der Waals surface area contributed by atoms with Gasteiger partial charge >= 0.3 is 11.9 Å². The summed E-state index contributed by atoms with van der Waals surface area (Å²) < 4.78 is 37.9. The van der Waals surface area contributed by atoms with Crippen LogP contribution in [0.25, 0.3) is 0 Å². The second-order valence-electron chi connectivity index (χ2n) is 14.7. The normalized spacial score (nSPS) is 48.3. The van der Waals surface area contributed by atoms with E-state index in [1.807, 2.05) is 6.07 Å². The first-order valence-electron chi connectivity index (χ1n) is 16.7. The molecule has 0 aromatic heterocycles. The number of hydrogen-bond acceptors (Lipinski definition) is 11. The number of aliphatic hydroxyl groups excluding tert-OH is 1. The fourth-order valence-corrected chi connectivity index (χ4v) is 12.6. The number of benzene rings is 1. The van der Waals surface area contributed by atoms with Gasteiger partial charge in [-0.25, -0.2) is 4.79 Å². The number of piperidine rings is 1. The summed E-state index contributed by atoms with van der Waals surface area (Å²) in [7, 11) is 6.61. The number of fused-ring (bicyclic) bond motifs is 2. The molecule has 254 valence electrons. The smallest absolute Gasteiger partial charge is 0.338 e. The fraction of sp³-hybridized carbons (Fsp3) is 0.771. The summed E-state index contributed by atoms with van der Waals surface area (Å²) >= 11 is 0. The lowest BCUT2D eigenvalue weighted by Gasteiger charge is -2.69. The average Bonchev–Trinajstić information content (AvgIpc) is 3.42. The third-order valence-electron chi connectivity index (χ3n) is 13.1. The van der Waals surface area contributed by atoms with Gasteiger partial charge in [-0.1, -0.05) is 25.1 Å². The standard InChI is InChI=1S/C35H49NO10/c1-7-15-36-17-32(18-41-3)14-13-22(42-4)34-21-16-33(40)29(45-31(39)20-11-9-8-10-12-20)23(21)35(46-19(2)37,28(38)30(33)44-6)24(27(34)36)25(43-5)26(32)34/h8-12,21-30,38,40H,7,13-18H2,1-6H3/t21-,22+,23-,24-,25+,26+,27?,28+,29+,30+,32+,33+,34?,35-/m1/s1. The molecule has 2 unspecified atom stereocenters. The van der Waals surface area contributed by atoms with Crippen molar-refractivity contribution in [1.29, 1.82) is 0 Å². The SMILES string of the molecule is CCCN1C[C@]2(COC)CC[C@H](OC)C34C1[C@@H]([C@H](OC)[C@H]32)[C@]1(OC(C)=O)[C@@H]2[C@H]4C[C@](O)([C@H]2OC(=O)c2ccccc2)[C@@H](OC)[C@@H]1O. The van der Waals surface area contributed by atoms with Gasteiger partial charge in [0.1, 0.15) is 23.9 Å². The number of carbonyl (C=O) groups excluding carboxylic acids is 2. The third kappa shape index (κ3) is 3.79. The molecule has 5 aliphatic carbocycles. The van der Waals surface area contributed by atoms with Crippen molar-refractivity contribution in [2.45, 2.75) is 87.3 Å². The summed E-state index contributed by atoms with van der Waals surface area (Å²) in [5, 5.41) is 25.4. The Morgan fingerprint density at radius 3 is 2.37 bits per heavy atom. The van der Waals surface area contributed by atoms with Gasteiger partial charge in [0.2, 0.25) is 0 Å². The van der Waals surface area contributed by atoms with E-state index in [1.165, 1.54) is 14.0 Å². The Bertz CT molecular complexity index is 1350. The van der Waals surface area contributed by atoms with Crippen molar-refractivity contribution in [1.82, 2.24) is 4.90 Å². The number of nitrogens with zero attached hydrogens (tertiary/aromatic N) is 1. The second-order valence-corrected chi connectivity index (χ2v) is 14.7. The first-order valence-corrected chi connectivity index (χ1v) is 16.7. The Morgan fingerprint density at radius 2 is 1.76 bits per heavy atom. The van der Waals surface area contributed by atoms with Crippen LogP contribution in [0.15, 0.2) is 30.3 Å². The number of hydrogen-bond donors (Lipinski definition) is 2. The highest BCUT2D eigenvalue weighted by Crippen LogP contribution is 2.80. The number of methoxy groups -OCH3 is 4. The van der Waals surface area contributed by atoms with Crippen molar-refractivity contribution in [2.24, 2.45) is 34.5 Å². The van der Waals surface area contributed by atoms with Crippen molar-refractivity contribution in [3.05, 3.63) is 35.9 Å². The number of rotatable bonds is 10. The second kappa shape index (κ2) is 11.2. The molecule has 11 heteroatoms. The van der Waals surface area contributed by atoms with Gasteiger partial charge in [0.05, 0.1) is 24.4 Å². The molecule has 46 heavy (non-hydrogen) atoms. The highest BCUT2D eigenvalue weighted by Gasteiger charge is 2.91. The minimum absolute atomic E-state index is 0.101. The molecule has 2 N–H and O–H groups in total. The van der Waals surface area contributed by atoms with Crippen LogP contribution >= 0.6 is 0 Å². The van der Waals surface area contributed by atoms with Crippen molar-refractivity contribution in [3.8, 4) is 0 Å². The largest absolute Gasteiger partial charge is 0.455 e. The van der Waals surface area contributed by atoms with Crippen LogP contribution in [-0.2, 0) is 33.2 Å². The van der Waals surface area contributed by atoms with Crippen molar-refractivity contribution in [2.75, 3.05) is 48.1 Å². The van der Waals surface area contributed by atoms with Crippen LogP contribution in [0, 0.1) is 34.5 Å². The van der Waals surface area contributed by atoms with Crippen LogP contribution < -0.4 is 0 Å². The first-order chi connectivity index (χ1) is 22.1. The minimum Gasteiger partial charge on any atom is -0.455 e. The van der Waals surface area contributed by atoms with Gasteiger partial charge in [-0.3, -0.25) is 9.69 Å². The molecule has 14 atom stereocenters. The molecule has 1 spiro atoms. The predicted octanol–water partition coefficient (Wildman–Crippen LogP) is 2.07. The molecule has 1 aromatic rings. The third-order valence-corrected chi connectivity index (χ3v) is 13.1. The van der Waals surface area contributed by atoms with E-state index in [0.29, 0.717) is 12.2 Å². The van der Waals surface area contributed by atoms with E-state index in [-0.39, 0.29) is 35.8 Å². The highest BCUT2D eigenvalue weighted by atomic mass is 16.6. The molecule has 6 fully saturated rings. The molecule has 1 heterocycles. The van der Waals surface area contributed by atoms with Crippen LogP contribution in [-0.4, -0.2) is 123 Å². The number of ether oxygens (including phenoxy) is 6. The van der Waals surface area contributed by atoms with Crippen LogP contribution in [0.2, 0.25) is 0 Å². The summed E-state index contributed by atoms with van der Waals surface area (Å²) in [6.45, 7) is 5.55. The maximum absolute atomic E-state index is 13.8. The summed E-state index contributed by atoms with van der Waals surface area (Å²) in [5.41, 5.74) is -3.93. The topological polar surface area (TPSA) is 133 Å². The zero-order valence-electron chi connectivity index (χ0n) is 27.7. The molecule has 0 radical (unpaired) electrons. The van der Waals surface area contributed by atoms with E-state index in [4.69, 9.17) is 28.4 Å². The van der Waals surface area contributed by atoms with Crippen LogP contribution in [0.5, 0.6) is 0 Å². The molecule has 1 aromatic carbocycles. The molecular weight excluding hydrogens is 594 g/mol. The minimum atomic E-state index is -1.76. The highest BCUT2D eigenvalue weighted by molar-refractivity contribution is 5.89. The van der Waals surface area contributed by atoms with Gasteiger partial charge < -0.3 is 38.6 Å². The molecule has 11 nitrogen and oxygen atoms in total. The van der Waals surface area contributed by atoms with E-state index in [0.717, 1.165) is 32.4 Å². The van der Waals surface area contributed by atoms with Crippen molar-refractivity contribution in [3.63, 3.8) is 0 Å². The van der Waals surface area contributed by atoms with Gasteiger partial charge in [0, 0.05) is 76.5 Å².